The molecule has 24 heavy (non-hydrogen) atoms. The third-order valence-electron chi connectivity index (χ3n) is 7.54. The Morgan fingerprint density at radius 3 is 2.12 bits per heavy atom. The average Bonchev–Trinajstić information content (AvgIpc) is 2.61. The molecule has 4 fully saturated rings. The molecule has 6 heteroatoms. The van der Waals surface area contributed by atoms with Gasteiger partial charge in [-0.25, -0.2) is 0 Å². The summed E-state index contributed by atoms with van der Waals surface area (Å²) < 4.78 is 23.6. The van der Waals surface area contributed by atoms with Crippen LogP contribution in [-0.2, 0) is 18.8 Å². The summed E-state index contributed by atoms with van der Waals surface area (Å²) in [6.45, 7) is 14.0. The van der Waals surface area contributed by atoms with E-state index in [0.717, 1.165) is 12.8 Å². The minimum absolute atomic E-state index is 0.0576. The van der Waals surface area contributed by atoms with Crippen LogP contribution in [0.15, 0.2) is 0 Å². The van der Waals surface area contributed by atoms with Crippen molar-refractivity contribution in [3.8, 4) is 0 Å². The van der Waals surface area contributed by atoms with E-state index in [1.165, 1.54) is 0 Å². The summed E-state index contributed by atoms with van der Waals surface area (Å²) in [6.07, 6.45) is 2.22. The first-order chi connectivity index (χ1) is 11.0. The van der Waals surface area contributed by atoms with Gasteiger partial charge in [0.05, 0.1) is 17.8 Å². The first-order valence-electron chi connectivity index (χ1n) is 8.96. The molecule has 0 aromatic rings. The fraction of sp³-hybridized carbons (Fsp3) is 1.00. The highest BCUT2D eigenvalue weighted by Gasteiger charge is 2.84. The lowest BCUT2D eigenvalue weighted by Gasteiger charge is -2.81. The summed E-state index contributed by atoms with van der Waals surface area (Å²) in [5.74, 6) is 1.07. The third-order valence-corrected chi connectivity index (χ3v) is 8.21. The summed E-state index contributed by atoms with van der Waals surface area (Å²) in [6, 6.07) is 0. The molecule has 1 aliphatic heterocycles. The van der Waals surface area contributed by atoms with Crippen molar-refractivity contribution in [2.24, 2.45) is 16.7 Å². The Morgan fingerprint density at radius 1 is 1.12 bits per heavy atom. The van der Waals surface area contributed by atoms with Crippen LogP contribution in [0, 0.1) is 16.7 Å². The molecule has 3 aliphatic carbocycles. The first kappa shape index (κ1) is 19.0. The Hall–Kier alpha value is 0.195. The predicted molar refractivity (Wildman–Crippen MR) is 96.3 cm³/mol. The monoisotopic (exact) mass is 358 g/mol. The topological polar surface area (TPSA) is 36.9 Å². The molecule has 0 radical (unpaired) electrons. The van der Waals surface area contributed by atoms with Crippen LogP contribution >= 0.6 is 11.6 Å². The highest BCUT2D eigenvalue weighted by atomic mass is 35.5. The van der Waals surface area contributed by atoms with Crippen LogP contribution in [0.2, 0.25) is 5.31 Å². The van der Waals surface area contributed by atoms with Gasteiger partial charge in [0.1, 0.15) is 6.79 Å². The fourth-order valence-corrected chi connectivity index (χ4v) is 5.24. The van der Waals surface area contributed by atoms with E-state index in [0.29, 0.717) is 25.2 Å². The lowest BCUT2D eigenvalue weighted by molar-refractivity contribution is -0.269. The lowest BCUT2D eigenvalue weighted by Crippen LogP contribution is -2.77. The van der Waals surface area contributed by atoms with E-state index < -0.39 is 0 Å². The lowest BCUT2D eigenvalue weighted by atomic mass is 9.16. The van der Waals surface area contributed by atoms with Crippen molar-refractivity contribution in [2.75, 3.05) is 26.4 Å². The van der Waals surface area contributed by atoms with Crippen molar-refractivity contribution in [2.45, 2.75) is 70.9 Å². The molecule has 2 bridgehead atoms. The van der Waals surface area contributed by atoms with Crippen molar-refractivity contribution in [1.29, 1.82) is 0 Å². The van der Waals surface area contributed by atoms with Crippen molar-refractivity contribution in [3.05, 3.63) is 0 Å². The summed E-state index contributed by atoms with van der Waals surface area (Å²) in [4.78, 5) is 0. The molecule has 0 spiro atoms. The van der Waals surface area contributed by atoms with Crippen molar-refractivity contribution in [3.63, 3.8) is 0 Å². The van der Waals surface area contributed by atoms with E-state index in [1.807, 2.05) is 0 Å². The third kappa shape index (κ3) is 2.28. The molecule has 1 unspecified atom stereocenters. The van der Waals surface area contributed by atoms with Crippen molar-refractivity contribution >= 4 is 18.7 Å². The zero-order valence-electron chi connectivity index (χ0n) is 16.2. The molecule has 0 aromatic heterocycles. The fourth-order valence-electron chi connectivity index (χ4n) is 4.97. The zero-order chi connectivity index (χ0) is 18.0. The number of rotatable bonds is 7. The quantitative estimate of drug-likeness (QED) is 0.297. The maximum absolute atomic E-state index is 6.39. The second kappa shape index (κ2) is 5.59. The van der Waals surface area contributed by atoms with Gasteiger partial charge >= 0.3 is 7.12 Å². The van der Waals surface area contributed by atoms with Gasteiger partial charge in [-0.1, -0.05) is 13.8 Å². The van der Waals surface area contributed by atoms with Gasteiger partial charge in [-0.3, -0.25) is 0 Å². The Morgan fingerprint density at radius 2 is 1.67 bits per heavy atom. The molecule has 0 N–H and O–H groups in total. The Bertz CT molecular complexity index is 483. The molecule has 0 amide bonds. The van der Waals surface area contributed by atoms with Gasteiger partial charge in [0.2, 0.25) is 0 Å². The Kier molecular flexibility index (Phi) is 4.42. The van der Waals surface area contributed by atoms with E-state index in [4.69, 9.17) is 30.4 Å². The van der Waals surface area contributed by atoms with E-state index in [-0.39, 0.29) is 34.5 Å². The average molecular weight is 359 g/mol. The molecule has 4 rings (SSSR count). The van der Waals surface area contributed by atoms with Gasteiger partial charge < -0.3 is 18.8 Å². The van der Waals surface area contributed by atoms with Crippen LogP contribution in [0.4, 0.5) is 0 Å². The molecular formula is C18H32BClO4. The van der Waals surface area contributed by atoms with E-state index in [1.54, 1.807) is 7.11 Å². The molecule has 138 valence electrons. The van der Waals surface area contributed by atoms with Crippen LogP contribution in [-0.4, -0.2) is 44.7 Å². The molecule has 1 atom stereocenters. The maximum atomic E-state index is 6.39. The summed E-state index contributed by atoms with van der Waals surface area (Å²) in [5.41, 5.74) is -0.270. The minimum Gasteiger partial charge on any atom is -0.403 e. The number of ether oxygens (including phenoxy) is 2. The zero-order valence-corrected chi connectivity index (χ0v) is 17.0. The standard InChI is InChI=1S/C18H32BClO4/c1-14(2,11-20)17-9-18(10-17,13(17)8-22-12-21-7)19-23-15(3,4)16(5,6)24-19/h13H,8-12H2,1-7H3. The molecule has 1 heterocycles. The molecule has 3 saturated carbocycles. The van der Waals surface area contributed by atoms with Gasteiger partial charge in [0.15, 0.2) is 0 Å². The summed E-state index contributed by atoms with van der Waals surface area (Å²) >= 11 is 6.31. The number of methoxy groups -OCH3 is 1. The van der Waals surface area contributed by atoms with Crippen molar-refractivity contribution < 1.29 is 18.8 Å². The maximum Gasteiger partial charge on any atom is 0.464 e. The van der Waals surface area contributed by atoms with Crippen LogP contribution in [0.5, 0.6) is 0 Å². The summed E-state index contributed by atoms with van der Waals surface area (Å²) in [7, 11) is 1.50. The molecule has 4 aliphatic rings. The van der Waals surface area contributed by atoms with Crippen LogP contribution < -0.4 is 0 Å². The molecular weight excluding hydrogens is 326 g/mol. The highest BCUT2D eigenvalue weighted by molar-refractivity contribution is 6.51. The smallest absolute Gasteiger partial charge is 0.403 e. The van der Waals surface area contributed by atoms with Gasteiger partial charge in [0.25, 0.3) is 0 Å². The van der Waals surface area contributed by atoms with E-state index in [2.05, 4.69) is 41.5 Å². The SMILES string of the molecule is COCOCC1C2(B3OC(C)(C)C(C)(C)O3)CC1(C(C)(C)CCl)C2. The molecule has 1 saturated heterocycles. The minimum atomic E-state index is -0.291. The normalized spacial score (nSPS) is 39.5. The number of hydrogen-bond acceptors (Lipinski definition) is 4. The summed E-state index contributed by atoms with van der Waals surface area (Å²) in [5, 5.41) is 0.0576. The largest absolute Gasteiger partial charge is 0.464 e. The predicted octanol–water partition coefficient (Wildman–Crippen LogP) is 4.11. The van der Waals surface area contributed by atoms with Crippen LogP contribution in [0.1, 0.15) is 54.4 Å². The highest BCUT2D eigenvalue weighted by Crippen LogP contribution is 2.88. The molecule has 0 aromatic carbocycles. The Labute approximate surface area is 152 Å². The van der Waals surface area contributed by atoms with Gasteiger partial charge in [-0.15, -0.1) is 11.6 Å². The number of alkyl halides is 1. The van der Waals surface area contributed by atoms with Gasteiger partial charge in [-0.2, -0.15) is 0 Å². The van der Waals surface area contributed by atoms with Crippen LogP contribution in [0.3, 0.4) is 0 Å². The number of halogens is 1. The second-order valence-electron chi connectivity index (χ2n) is 9.68. The van der Waals surface area contributed by atoms with E-state index >= 15 is 0 Å². The van der Waals surface area contributed by atoms with Crippen molar-refractivity contribution in [1.82, 2.24) is 0 Å². The molecule has 4 nitrogen and oxygen atoms in total. The van der Waals surface area contributed by atoms with Gasteiger partial charge in [-0.05, 0) is 57.3 Å². The van der Waals surface area contributed by atoms with Crippen LogP contribution in [0.25, 0.3) is 0 Å². The number of hydrogen-bond donors (Lipinski definition) is 0. The Balaban J connectivity index is 1.80. The van der Waals surface area contributed by atoms with Gasteiger partial charge in [0, 0.05) is 18.3 Å². The first-order valence-corrected chi connectivity index (χ1v) is 9.50. The van der Waals surface area contributed by atoms with E-state index in [9.17, 15) is 0 Å². The second-order valence-corrected chi connectivity index (χ2v) is 9.95.